The van der Waals surface area contributed by atoms with Gasteiger partial charge < -0.3 is 4.74 Å². The van der Waals surface area contributed by atoms with E-state index in [2.05, 4.69) is 11.0 Å². The van der Waals surface area contributed by atoms with Crippen LogP contribution < -0.4 is 4.90 Å². The van der Waals surface area contributed by atoms with Crippen molar-refractivity contribution in [2.75, 3.05) is 50.0 Å². The molecule has 0 radical (unpaired) electrons. The van der Waals surface area contributed by atoms with Gasteiger partial charge in [0.1, 0.15) is 0 Å². The zero-order valence-electron chi connectivity index (χ0n) is 19.2. The van der Waals surface area contributed by atoms with E-state index in [1.165, 1.54) is 17.4 Å². The minimum atomic E-state index is -3.55. The number of fused-ring (bicyclic) bond motifs is 1. The molecule has 33 heavy (non-hydrogen) atoms. The number of carbonyl (C=O) groups is 1. The third kappa shape index (κ3) is 4.96. The lowest BCUT2D eigenvalue weighted by Crippen LogP contribution is -2.43. The molecule has 1 aromatic heterocycles. The van der Waals surface area contributed by atoms with Crippen LogP contribution in [-0.4, -0.2) is 69.4 Å². The molecule has 0 bridgehead atoms. The van der Waals surface area contributed by atoms with Gasteiger partial charge in [0.05, 0.1) is 39.6 Å². The Bertz CT molecular complexity index is 1220. The maximum Gasteiger partial charge on any atom is 0.261 e. The number of aromatic nitrogens is 1. The summed E-state index contributed by atoms with van der Waals surface area (Å²) in [5.41, 5.74) is 3.23. The minimum absolute atomic E-state index is 0.0649. The summed E-state index contributed by atoms with van der Waals surface area (Å²) >= 11 is 1.48. The molecule has 2 aromatic carbocycles. The minimum Gasteiger partial charge on any atom is -0.379 e. The van der Waals surface area contributed by atoms with Crippen LogP contribution in [-0.2, 0) is 14.6 Å². The topological polar surface area (TPSA) is 79.8 Å². The number of morpholine rings is 1. The molecule has 0 spiro atoms. The third-order valence-corrected chi connectivity index (χ3v) is 8.98. The molecule has 0 N–H and O–H groups in total. The van der Waals surface area contributed by atoms with Crippen LogP contribution in [0.2, 0.25) is 0 Å². The quantitative estimate of drug-likeness (QED) is 0.506. The number of anilines is 1. The zero-order chi connectivity index (χ0) is 23.6. The molecule has 1 aliphatic rings. The predicted octanol–water partition coefficient (Wildman–Crippen LogP) is 3.69. The number of rotatable bonds is 7. The molecule has 0 unspecified atom stereocenters. The lowest BCUT2D eigenvalue weighted by atomic mass is 10.1. The first kappa shape index (κ1) is 23.8. The summed E-state index contributed by atoms with van der Waals surface area (Å²) in [6.45, 7) is 9.66. The Morgan fingerprint density at radius 2 is 1.82 bits per heavy atom. The summed E-state index contributed by atoms with van der Waals surface area (Å²) in [6.07, 6.45) is 0. The average Bonchev–Trinajstić information content (AvgIpc) is 3.29. The van der Waals surface area contributed by atoms with Crippen LogP contribution in [0.4, 0.5) is 5.13 Å². The Morgan fingerprint density at radius 3 is 2.52 bits per heavy atom. The van der Waals surface area contributed by atoms with Crippen molar-refractivity contribution in [3.8, 4) is 0 Å². The van der Waals surface area contributed by atoms with Crippen LogP contribution >= 0.6 is 11.3 Å². The average molecular weight is 488 g/mol. The highest BCUT2D eigenvalue weighted by Crippen LogP contribution is 2.34. The summed E-state index contributed by atoms with van der Waals surface area (Å²) < 4.78 is 31.9. The van der Waals surface area contributed by atoms with E-state index in [1.807, 2.05) is 19.9 Å². The number of amides is 1. The standard InChI is InChI=1S/C24H29N3O4S2/c1-4-33(29,30)20-8-6-5-7-19(20)23(28)27(12-11-26-13-15-31-16-14-26)24-25-21-17(2)9-10-18(3)22(21)32-24/h5-10H,4,11-16H2,1-3H3. The Balaban J connectivity index is 1.76. The molecular weight excluding hydrogens is 458 g/mol. The Hall–Kier alpha value is -2.33. The highest BCUT2D eigenvalue weighted by Gasteiger charge is 2.28. The lowest BCUT2D eigenvalue weighted by molar-refractivity contribution is 0.0391. The van der Waals surface area contributed by atoms with Gasteiger partial charge in [0.15, 0.2) is 15.0 Å². The summed E-state index contributed by atoms with van der Waals surface area (Å²) in [5, 5.41) is 0.587. The van der Waals surface area contributed by atoms with E-state index in [0.717, 1.165) is 34.4 Å². The van der Waals surface area contributed by atoms with E-state index >= 15 is 0 Å². The molecule has 0 atom stereocenters. The van der Waals surface area contributed by atoms with Crippen LogP contribution in [0.3, 0.4) is 0 Å². The molecule has 1 amide bonds. The monoisotopic (exact) mass is 487 g/mol. The summed E-state index contributed by atoms with van der Waals surface area (Å²) in [6, 6.07) is 10.6. The highest BCUT2D eigenvalue weighted by atomic mass is 32.2. The number of hydrogen-bond donors (Lipinski definition) is 0. The van der Waals surface area contributed by atoms with Gasteiger partial charge in [0.25, 0.3) is 5.91 Å². The van der Waals surface area contributed by atoms with Crippen LogP contribution in [0.15, 0.2) is 41.3 Å². The molecule has 7 nitrogen and oxygen atoms in total. The van der Waals surface area contributed by atoms with Crippen molar-refractivity contribution >= 4 is 42.4 Å². The first-order chi connectivity index (χ1) is 15.8. The maximum absolute atomic E-state index is 13.8. The number of carbonyl (C=O) groups excluding carboxylic acids is 1. The van der Waals surface area contributed by atoms with E-state index < -0.39 is 9.84 Å². The molecule has 4 rings (SSSR count). The lowest BCUT2D eigenvalue weighted by Gasteiger charge is -2.29. The summed E-state index contributed by atoms with van der Waals surface area (Å²) in [4.78, 5) is 22.6. The smallest absolute Gasteiger partial charge is 0.261 e. The van der Waals surface area contributed by atoms with E-state index in [1.54, 1.807) is 30.0 Å². The van der Waals surface area contributed by atoms with Crippen molar-refractivity contribution in [3.63, 3.8) is 0 Å². The van der Waals surface area contributed by atoms with Gasteiger partial charge in [-0.05, 0) is 37.1 Å². The van der Waals surface area contributed by atoms with Crippen LogP contribution in [0, 0.1) is 13.8 Å². The van der Waals surface area contributed by atoms with Crippen molar-refractivity contribution in [3.05, 3.63) is 53.1 Å². The Labute approximate surface area is 198 Å². The van der Waals surface area contributed by atoms with Crippen molar-refractivity contribution in [1.82, 2.24) is 9.88 Å². The number of benzene rings is 2. The fraction of sp³-hybridized carbons (Fsp3) is 0.417. The molecule has 2 heterocycles. The Kier molecular flexibility index (Phi) is 7.13. The Morgan fingerprint density at radius 1 is 1.12 bits per heavy atom. The number of thiazole rings is 1. The van der Waals surface area contributed by atoms with Gasteiger partial charge in [-0.25, -0.2) is 13.4 Å². The van der Waals surface area contributed by atoms with Crippen molar-refractivity contribution in [2.24, 2.45) is 0 Å². The second-order valence-corrected chi connectivity index (χ2v) is 11.4. The number of sulfone groups is 1. The highest BCUT2D eigenvalue weighted by molar-refractivity contribution is 7.91. The molecule has 176 valence electrons. The molecule has 9 heteroatoms. The third-order valence-electron chi connectivity index (χ3n) is 5.98. The molecule has 0 saturated carbocycles. The van der Waals surface area contributed by atoms with Gasteiger partial charge in [-0.1, -0.05) is 42.5 Å². The van der Waals surface area contributed by atoms with E-state index in [-0.39, 0.29) is 22.1 Å². The van der Waals surface area contributed by atoms with Crippen molar-refractivity contribution in [2.45, 2.75) is 25.7 Å². The second-order valence-electron chi connectivity index (χ2n) is 8.18. The van der Waals surface area contributed by atoms with Gasteiger partial charge in [-0.3, -0.25) is 14.6 Å². The molecular formula is C24H29N3O4S2. The molecule has 3 aromatic rings. The van der Waals surface area contributed by atoms with Crippen LogP contribution in [0.25, 0.3) is 10.2 Å². The summed E-state index contributed by atoms with van der Waals surface area (Å²) in [5.74, 6) is -0.407. The van der Waals surface area contributed by atoms with Crippen molar-refractivity contribution < 1.29 is 17.9 Å². The summed E-state index contributed by atoms with van der Waals surface area (Å²) in [7, 11) is -3.55. The SMILES string of the molecule is CCS(=O)(=O)c1ccccc1C(=O)N(CCN1CCOCC1)c1nc2c(C)ccc(C)c2s1. The molecule has 1 aliphatic heterocycles. The molecule has 1 fully saturated rings. The fourth-order valence-corrected chi connectivity index (χ4v) is 6.15. The van der Waals surface area contributed by atoms with Crippen LogP contribution in [0.1, 0.15) is 28.4 Å². The zero-order valence-corrected chi connectivity index (χ0v) is 20.8. The van der Waals surface area contributed by atoms with Gasteiger partial charge in [0.2, 0.25) is 0 Å². The predicted molar refractivity (Wildman–Crippen MR) is 132 cm³/mol. The largest absolute Gasteiger partial charge is 0.379 e. The van der Waals surface area contributed by atoms with Gasteiger partial charge in [0, 0.05) is 26.2 Å². The number of nitrogens with zero attached hydrogens (tertiary/aromatic N) is 3. The van der Waals surface area contributed by atoms with E-state index in [9.17, 15) is 13.2 Å². The van der Waals surface area contributed by atoms with Gasteiger partial charge in [-0.15, -0.1) is 0 Å². The maximum atomic E-state index is 13.8. The number of hydrogen-bond acceptors (Lipinski definition) is 7. The molecule has 1 saturated heterocycles. The van der Waals surface area contributed by atoms with E-state index in [4.69, 9.17) is 9.72 Å². The second kappa shape index (κ2) is 9.89. The molecule has 0 aliphatic carbocycles. The van der Waals surface area contributed by atoms with Crippen LogP contribution in [0.5, 0.6) is 0 Å². The van der Waals surface area contributed by atoms with Crippen molar-refractivity contribution in [1.29, 1.82) is 0 Å². The van der Waals surface area contributed by atoms with Gasteiger partial charge >= 0.3 is 0 Å². The first-order valence-electron chi connectivity index (χ1n) is 11.1. The van der Waals surface area contributed by atoms with Gasteiger partial charge in [-0.2, -0.15) is 0 Å². The number of aryl methyl sites for hydroxylation is 2. The number of ether oxygens (including phenoxy) is 1. The normalized spacial score (nSPS) is 15.1. The van der Waals surface area contributed by atoms with E-state index in [0.29, 0.717) is 31.4 Å². The first-order valence-corrected chi connectivity index (χ1v) is 13.6. The fourth-order valence-electron chi connectivity index (χ4n) is 3.93.